The Kier molecular flexibility index (Phi) is 9.71. The average molecular weight is 637 g/mol. The fourth-order valence-corrected chi connectivity index (χ4v) is 5.30. The van der Waals surface area contributed by atoms with Gasteiger partial charge in [-0.25, -0.2) is 13.6 Å². The number of fused-ring (bicyclic) bond motifs is 1. The minimum Gasteiger partial charge on any atom is -0.444 e. The molecule has 2 N–H and O–H groups in total. The van der Waals surface area contributed by atoms with E-state index in [4.69, 9.17) is 10.5 Å². The Hall–Kier alpha value is -3.95. The minimum atomic E-state index is -5.11. The van der Waals surface area contributed by atoms with E-state index in [0.717, 1.165) is 28.0 Å². The van der Waals surface area contributed by atoms with Crippen LogP contribution in [0.25, 0.3) is 0 Å². The fraction of sp³-hybridized carbons (Fsp3) is 0.464. The van der Waals surface area contributed by atoms with Crippen LogP contribution < -0.4 is 5.73 Å². The van der Waals surface area contributed by atoms with Gasteiger partial charge in [-0.15, -0.1) is 0 Å². The van der Waals surface area contributed by atoms with E-state index in [0.29, 0.717) is 31.5 Å². The predicted octanol–water partition coefficient (Wildman–Crippen LogP) is 5.04. The van der Waals surface area contributed by atoms with Crippen LogP contribution in [0.5, 0.6) is 0 Å². The van der Waals surface area contributed by atoms with Crippen LogP contribution in [0.15, 0.2) is 36.4 Å². The van der Waals surface area contributed by atoms with E-state index in [1.807, 2.05) is 0 Å². The van der Waals surface area contributed by atoms with Gasteiger partial charge in [-0.1, -0.05) is 0 Å². The second-order valence-electron chi connectivity index (χ2n) is 10.4. The lowest BCUT2D eigenvalue weighted by molar-refractivity contribution is -0.169. The number of rotatable bonds is 8. The lowest BCUT2D eigenvalue weighted by atomic mass is 9.98. The SMILES string of the molecule is NCCCC[C@H]1C(=O)N(Cc2cc(F)ccc2F)C[C@@H]2N(C(=O)OCc3cc(C(F)(F)F)cc(C(F)(F)F)c3)CCC(=O)N21. The summed E-state index contributed by atoms with van der Waals surface area (Å²) in [6.45, 7) is -1.64. The van der Waals surface area contributed by atoms with Gasteiger partial charge in [-0.2, -0.15) is 26.3 Å². The highest BCUT2D eigenvalue weighted by Gasteiger charge is 2.49. The van der Waals surface area contributed by atoms with Crippen LogP contribution in [0.1, 0.15) is 47.9 Å². The van der Waals surface area contributed by atoms with Gasteiger partial charge < -0.3 is 20.3 Å². The Bertz CT molecular complexity index is 1370. The molecule has 0 aliphatic carbocycles. The summed E-state index contributed by atoms with van der Waals surface area (Å²) in [5, 5.41) is 0. The molecule has 16 heteroatoms. The van der Waals surface area contributed by atoms with E-state index in [-0.39, 0.29) is 37.6 Å². The standard InChI is InChI=1S/C28H28F8N4O4/c29-20-4-5-21(30)17(11-20)13-38-14-23-39(8-6-24(41)40(23)22(25(38)42)3-1-2-7-37)26(43)44-15-16-9-18(27(31,32)33)12-19(10-16)28(34,35)36/h4-5,9-12,22-23H,1-3,6-8,13-15,37H2/t22-,23+/m0/s1. The summed E-state index contributed by atoms with van der Waals surface area (Å²) in [5.41, 5.74) is 1.66. The maximum Gasteiger partial charge on any atom is 0.416 e. The summed E-state index contributed by atoms with van der Waals surface area (Å²) < 4.78 is 113. The van der Waals surface area contributed by atoms with Crippen molar-refractivity contribution in [3.8, 4) is 0 Å². The molecule has 2 atom stereocenters. The van der Waals surface area contributed by atoms with Gasteiger partial charge in [0.25, 0.3) is 0 Å². The van der Waals surface area contributed by atoms with Gasteiger partial charge in [-0.05, 0) is 67.8 Å². The number of amides is 3. The molecule has 0 bridgehead atoms. The Morgan fingerprint density at radius 1 is 0.955 bits per heavy atom. The van der Waals surface area contributed by atoms with Crippen LogP contribution in [-0.2, 0) is 39.8 Å². The monoisotopic (exact) mass is 636 g/mol. The van der Waals surface area contributed by atoms with E-state index in [1.165, 1.54) is 4.90 Å². The van der Waals surface area contributed by atoms with Crippen molar-refractivity contribution in [2.45, 2.75) is 63.4 Å². The van der Waals surface area contributed by atoms with Crippen LogP contribution in [0.3, 0.4) is 0 Å². The zero-order valence-corrected chi connectivity index (χ0v) is 23.1. The van der Waals surface area contributed by atoms with Crippen molar-refractivity contribution >= 4 is 17.9 Å². The molecule has 3 amide bonds. The third-order valence-electron chi connectivity index (χ3n) is 7.40. The number of ether oxygens (including phenoxy) is 1. The first-order valence-electron chi connectivity index (χ1n) is 13.6. The van der Waals surface area contributed by atoms with Crippen LogP contribution in [0.4, 0.5) is 39.9 Å². The maximum atomic E-state index is 14.5. The van der Waals surface area contributed by atoms with Gasteiger partial charge in [0.2, 0.25) is 11.8 Å². The molecule has 2 aliphatic rings. The number of hydrogen-bond acceptors (Lipinski definition) is 5. The number of piperazine rings is 1. The summed E-state index contributed by atoms with van der Waals surface area (Å²) in [6.07, 6.45) is -11.7. The van der Waals surface area contributed by atoms with Crippen LogP contribution in [0, 0.1) is 11.6 Å². The zero-order chi connectivity index (χ0) is 32.4. The van der Waals surface area contributed by atoms with Crippen molar-refractivity contribution in [2.75, 3.05) is 19.6 Å². The van der Waals surface area contributed by atoms with Crippen molar-refractivity contribution in [1.29, 1.82) is 0 Å². The minimum absolute atomic E-state index is 0.0562. The zero-order valence-electron chi connectivity index (χ0n) is 23.1. The van der Waals surface area contributed by atoms with Crippen LogP contribution in [-0.4, -0.2) is 64.4 Å². The number of halogens is 8. The third kappa shape index (κ3) is 7.39. The smallest absolute Gasteiger partial charge is 0.416 e. The number of carbonyl (C=O) groups excluding carboxylic acids is 3. The molecule has 2 aromatic carbocycles. The third-order valence-corrected chi connectivity index (χ3v) is 7.40. The summed E-state index contributed by atoms with van der Waals surface area (Å²) in [6, 6.07) is 2.38. The first-order chi connectivity index (χ1) is 20.6. The first kappa shape index (κ1) is 33.0. The summed E-state index contributed by atoms with van der Waals surface area (Å²) in [7, 11) is 0. The number of carbonyl (C=O) groups is 3. The molecule has 0 aromatic heterocycles. The van der Waals surface area contributed by atoms with Gasteiger partial charge in [-0.3, -0.25) is 14.5 Å². The van der Waals surface area contributed by atoms with Gasteiger partial charge >= 0.3 is 18.4 Å². The van der Waals surface area contributed by atoms with Crippen molar-refractivity contribution in [3.63, 3.8) is 0 Å². The van der Waals surface area contributed by atoms with Gasteiger partial charge in [0.1, 0.15) is 30.4 Å². The Balaban J connectivity index is 1.60. The molecule has 44 heavy (non-hydrogen) atoms. The number of nitrogens with two attached hydrogens (primary N) is 1. The van der Waals surface area contributed by atoms with Gasteiger partial charge in [0, 0.05) is 25.1 Å². The quantitative estimate of drug-likeness (QED) is 0.324. The number of unbranched alkanes of at least 4 members (excludes halogenated alkanes) is 1. The van der Waals surface area contributed by atoms with Crippen molar-refractivity contribution in [2.24, 2.45) is 5.73 Å². The largest absolute Gasteiger partial charge is 0.444 e. The highest BCUT2D eigenvalue weighted by molar-refractivity contribution is 5.90. The molecule has 0 radical (unpaired) electrons. The topological polar surface area (TPSA) is 96.2 Å². The van der Waals surface area contributed by atoms with Crippen molar-refractivity contribution < 1.29 is 54.2 Å². The number of benzene rings is 2. The van der Waals surface area contributed by atoms with E-state index < -0.39 is 83.9 Å². The average Bonchev–Trinajstić information content (AvgIpc) is 2.94. The molecule has 2 heterocycles. The molecule has 2 aromatic rings. The molecule has 0 spiro atoms. The molecule has 2 fully saturated rings. The summed E-state index contributed by atoms with van der Waals surface area (Å²) >= 11 is 0. The van der Waals surface area contributed by atoms with Crippen molar-refractivity contribution in [3.05, 3.63) is 70.3 Å². The molecule has 0 unspecified atom stereocenters. The van der Waals surface area contributed by atoms with Crippen molar-refractivity contribution in [1.82, 2.24) is 14.7 Å². The normalized spacial score (nSPS) is 19.3. The molecule has 2 saturated heterocycles. The highest BCUT2D eigenvalue weighted by atomic mass is 19.4. The lowest BCUT2D eigenvalue weighted by Gasteiger charge is -2.52. The number of alkyl halides is 6. The van der Waals surface area contributed by atoms with Crippen LogP contribution >= 0.6 is 0 Å². The molecule has 240 valence electrons. The lowest BCUT2D eigenvalue weighted by Crippen LogP contribution is -2.71. The Labute approximate surface area is 246 Å². The Morgan fingerprint density at radius 3 is 2.23 bits per heavy atom. The number of nitrogens with zero attached hydrogens (tertiary/aromatic N) is 3. The van der Waals surface area contributed by atoms with E-state index in [9.17, 15) is 49.5 Å². The van der Waals surface area contributed by atoms with E-state index in [1.54, 1.807) is 0 Å². The Morgan fingerprint density at radius 2 is 1.61 bits per heavy atom. The van der Waals surface area contributed by atoms with Gasteiger partial charge in [0.15, 0.2) is 0 Å². The fourth-order valence-electron chi connectivity index (χ4n) is 5.30. The maximum absolute atomic E-state index is 14.5. The summed E-state index contributed by atoms with van der Waals surface area (Å²) in [4.78, 5) is 43.1. The molecule has 0 saturated carbocycles. The van der Waals surface area contributed by atoms with Gasteiger partial charge in [0.05, 0.1) is 17.7 Å². The van der Waals surface area contributed by atoms with Crippen LogP contribution in [0.2, 0.25) is 0 Å². The number of hydrogen-bond donors (Lipinski definition) is 1. The molecule has 2 aliphatic heterocycles. The molecular formula is C28H28F8N4O4. The molecule has 4 rings (SSSR count). The highest BCUT2D eigenvalue weighted by Crippen LogP contribution is 2.37. The molecule has 8 nitrogen and oxygen atoms in total. The second-order valence-corrected chi connectivity index (χ2v) is 10.4. The summed E-state index contributed by atoms with van der Waals surface area (Å²) in [5.74, 6) is -2.60. The second kappa shape index (κ2) is 13.0. The molecular weight excluding hydrogens is 608 g/mol. The predicted molar refractivity (Wildman–Crippen MR) is 137 cm³/mol. The van der Waals surface area contributed by atoms with E-state index in [2.05, 4.69) is 0 Å². The van der Waals surface area contributed by atoms with E-state index >= 15 is 0 Å². The first-order valence-corrected chi connectivity index (χ1v) is 13.6.